The largest absolute Gasteiger partial charge is 0.444 e. The molecule has 30 heavy (non-hydrogen) atoms. The fourth-order valence-electron chi connectivity index (χ4n) is 3.64. The smallest absolute Gasteiger partial charge is 0.410 e. The number of rotatable bonds is 3. The Morgan fingerprint density at radius 3 is 2.37 bits per heavy atom. The van der Waals surface area contributed by atoms with Crippen molar-refractivity contribution in [3.63, 3.8) is 0 Å². The van der Waals surface area contributed by atoms with Gasteiger partial charge in [0.2, 0.25) is 0 Å². The summed E-state index contributed by atoms with van der Waals surface area (Å²) < 4.78 is 5.45. The zero-order valence-corrected chi connectivity index (χ0v) is 21.1. The van der Waals surface area contributed by atoms with Crippen LogP contribution in [-0.4, -0.2) is 73.3 Å². The van der Waals surface area contributed by atoms with Crippen molar-refractivity contribution in [3.8, 4) is 0 Å². The van der Waals surface area contributed by atoms with Crippen molar-refractivity contribution >= 4 is 53.3 Å². The lowest BCUT2D eigenvalue weighted by atomic mass is 10.1. The monoisotopic (exact) mass is 549 g/mol. The molecule has 0 aliphatic carbocycles. The first kappa shape index (κ1) is 24.8. The summed E-state index contributed by atoms with van der Waals surface area (Å²) in [6, 6.07) is 7.93. The molecular formula is C21H33ClIN5O2. The van der Waals surface area contributed by atoms with E-state index < -0.39 is 5.60 Å². The van der Waals surface area contributed by atoms with Crippen molar-refractivity contribution in [2.45, 2.75) is 32.8 Å². The fourth-order valence-corrected chi connectivity index (χ4v) is 3.77. The Labute approximate surface area is 201 Å². The number of hydrogen-bond acceptors (Lipinski definition) is 4. The van der Waals surface area contributed by atoms with E-state index in [1.54, 1.807) is 4.90 Å². The van der Waals surface area contributed by atoms with E-state index in [-0.39, 0.29) is 30.1 Å². The van der Waals surface area contributed by atoms with E-state index in [0.717, 1.165) is 44.2 Å². The maximum atomic E-state index is 12.2. The highest BCUT2D eigenvalue weighted by atomic mass is 127. The summed E-state index contributed by atoms with van der Waals surface area (Å²) in [5.41, 5.74) is 6.96. The maximum absolute atomic E-state index is 12.2. The van der Waals surface area contributed by atoms with Gasteiger partial charge in [-0.05, 0) is 57.4 Å². The molecule has 0 bridgehead atoms. The van der Waals surface area contributed by atoms with Crippen LogP contribution >= 0.6 is 35.6 Å². The van der Waals surface area contributed by atoms with Gasteiger partial charge in [-0.1, -0.05) is 11.6 Å². The SMILES string of the molecule is CC(C)(C)OC(=O)N1CCC(CN=C(N)N2CCN(c3ccc(Cl)cc3)CC2)C1.I. The average molecular weight is 550 g/mol. The van der Waals surface area contributed by atoms with Crippen LogP contribution in [0, 0.1) is 5.92 Å². The van der Waals surface area contributed by atoms with Gasteiger partial charge in [-0.25, -0.2) is 4.79 Å². The maximum Gasteiger partial charge on any atom is 0.410 e. The van der Waals surface area contributed by atoms with Gasteiger partial charge in [-0.3, -0.25) is 4.99 Å². The van der Waals surface area contributed by atoms with Crippen LogP contribution in [0.4, 0.5) is 10.5 Å². The Morgan fingerprint density at radius 2 is 1.77 bits per heavy atom. The van der Waals surface area contributed by atoms with Crippen molar-refractivity contribution in [1.82, 2.24) is 9.80 Å². The van der Waals surface area contributed by atoms with Crippen LogP contribution in [0.15, 0.2) is 29.3 Å². The van der Waals surface area contributed by atoms with E-state index in [2.05, 4.69) is 14.8 Å². The Balaban J connectivity index is 0.00000320. The molecule has 2 saturated heterocycles. The van der Waals surface area contributed by atoms with Gasteiger partial charge in [0.15, 0.2) is 5.96 Å². The third-order valence-corrected chi connectivity index (χ3v) is 5.50. The van der Waals surface area contributed by atoms with Crippen LogP contribution in [0.2, 0.25) is 5.02 Å². The van der Waals surface area contributed by atoms with Crippen molar-refractivity contribution < 1.29 is 9.53 Å². The molecule has 7 nitrogen and oxygen atoms in total. The van der Waals surface area contributed by atoms with Crippen molar-refractivity contribution in [2.75, 3.05) is 50.7 Å². The molecule has 1 aromatic rings. The number of aliphatic imine (C=N–C) groups is 1. The second-order valence-electron chi connectivity index (χ2n) is 8.73. The standard InChI is InChI=1S/C21H32ClN5O2.HI/c1-21(2,3)29-20(28)27-9-8-16(15-27)14-24-19(23)26-12-10-25(11-13-26)18-6-4-17(22)5-7-18;/h4-7,16H,8-15H2,1-3H3,(H2,23,24);1H. The van der Waals surface area contributed by atoms with E-state index in [9.17, 15) is 4.79 Å². The quantitative estimate of drug-likeness (QED) is 0.354. The molecule has 0 aromatic heterocycles. The van der Waals surface area contributed by atoms with Crippen molar-refractivity contribution in [1.29, 1.82) is 0 Å². The number of likely N-dealkylation sites (tertiary alicyclic amines) is 1. The predicted octanol–water partition coefficient (Wildman–Crippen LogP) is 3.65. The van der Waals surface area contributed by atoms with Gasteiger partial charge >= 0.3 is 6.09 Å². The predicted molar refractivity (Wildman–Crippen MR) is 133 cm³/mol. The minimum absolute atomic E-state index is 0. The summed E-state index contributed by atoms with van der Waals surface area (Å²) in [5, 5.41) is 0.751. The Kier molecular flexibility index (Phi) is 8.90. The molecule has 0 radical (unpaired) electrons. The Bertz CT molecular complexity index is 730. The van der Waals surface area contributed by atoms with E-state index in [1.807, 2.05) is 45.0 Å². The topological polar surface area (TPSA) is 74.4 Å². The number of benzene rings is 1. The summed E-state index contributed by atoms with van der Waals surface area (Å²) in [6.45, 7) is 11.2. The van der Waals surface area contributed by atoms with Crippen LogP contribution in [0.25, 0.3) is 0 Å². The highest BCUT2D eigenvalue weighted by molar-refractivity contribution is 14.0. The number of amides is 1. The third kappa shape index (κ3) is 7.08. The second-order valence-corrected chi connectivity index (χ2v) is 9.17. The van der Waals surface area contributed by atoms with Gasteiger partial charge in [0.25, 0.3) is 0 Å². The van der Waals surface area contributed by atoms with Crippen LogP contribution in [0.3, 0.4) is 0 Å². The number of anilines is 1. The van der Waals surface area contributed by atoms with Gasteiger partial charge < -0.3 is 25.2 Å². The van der Waals surface area contributed by atoms with Gasteiger partial charge in [-0.2, -0.15) is 0 Å². The summed E-state index contributed by atoms with van der Waals surface area (Å²) >= 11 is 5.97. The number of nitrogens with two attached hydrogens (primary N) is 1. The van der Waals surface area contributed by atoms with Crippen LogP contribution in [0.5, 0.6) is 0 Å². The van der Waals surface area contributed by atoms with Crippen LogP contribution in [-0.2, 0) is 4.74 Å². The number of piperazine rings is 1. The molecule has 0 spiro atoms. The van der Waals surface area contributed by atoms with Crippen LogP contribution < -0.4 is 10.6 Å². The Morgan fingerprint density at radius 1 is 1.13 bits per heavy atom. The molecule has 1 aromatic carbocycles. The first-order chi connectivity index (χ1) is 13.7. The highest BCUT2D eigenvalue weighted by Crippen LogP contribution is 2.21. The molecule has 168 valence electrons. The lowest BCUT2D eigenvalue weighted by molar-refractivity contribution is 0.0289. The molecule has 0 saturated carbocycles. The van der Waals surface area contributed by atoms with E-state index >= 15 is 0 Å². The summed E-state index contributed by atoms with van der Waals surface area (Å²) in [6.07, 6.45) is 0.690. The van der Waals surface area contributed by atoms with Crippen molar-refractivity contribution in [3.05, 3.63) is 29.3 Å². The van der Waals surface area contributed by atoms with Gasteiger partial charge in [0.1, 0.15) is 5.60 Å². The number of halogens is 2. The Hall–Kier alpha value is -1.42. The molecule has 1 atom stereocenters. The molecule has 2 aliphatic heterocycles. The normalized spacial score (nSPS) is 20.2. The number of carbonyl (C=O) groups is 1. The summed E-state index contributed by atoms with van der Waals surface area (Å²) in [5.74, 6) is 0.924. The zero-order chi connectivity index (χ0) is 21.0. The van der Waals surface area contributed by atoms with Gasteiger partial charge in [0, 0.05) is 56.5 Å². The third-order valence-electron chi connectivity index (χ3n) is 5.24. The van der Waals surface area contributed by atoms with Crippen molar-refractivity contribution in [2.24, 2.45) is 16.6 Å². The highest BCUT2D eigenvalue weighted by Gasteiger charge is 2.29. The van der Waals surface area contributed by atoms with E-state index in [1.165, 1.54) is 5.69 Å². The molecule has 9 heteroatoms. The molecule has 1 unspecified atom stereocenters. The van der Waals surface area contributed by atoms with Crippen LogP contribution in [0.1, 0.15) is 27.2 Å². The molecule has 2 heterocycles. The van der Waals surface area contributed by atoms with E-state index in [4.69, 9.17) is 22.1 Å². The number of guanidine groups is 1. The minimum atomic E-state index is -0.466. The molecule has 2 fully saturated rings. The number of nitrogens with zero attached hydrogens (tertiary/aromatic N) is 4. The fraction of sp³-hybridized carbons (Fsp3) is 0.619. The lowest BCUT2D eigenvalue weighted by Gasteiger charge is -2.36. The first-order valence-electron chi connectivity index (χ1n) is 10.2. The van der Waals surface area contributed by atoms with Gasteiger partial charge in [0.05, 0.1) is 0 Å². The summed E-state index contributed by atoms with van der Waals surface area (Å²) in [4.78, 5) is 23.0. The summed E-state index contributed by atoms with van der Waals surface area (Å²) in [7, 11) is 0. The molecular weight excluding hydrogens is 517 g/mol. The number of carbonyl (C=O) groups excluding carboxylic acids is 1. The molecule has 2 aliphatic rings. The first-order valence-corrected chi connectivity index (χ1v) is 10.6. The minimum Gasteiger partial charge on any atom is -0.444 e. The molecule has 3 rings (SSSR count). The number of hydrogen-bond donors (Lipinski definition) is 1. The molecule has 1 amide bonds. The molecule has 2 N–H and O–H groups in total. The average Bonchev–Trinajstić information content (AvgIpc) is 3.15. The van der Waals surface area contributed by atoms with Gasteiger partial charge in [-0.15, -0.1) is 24.0 Å². The zero-order valence-electron chi connectivity index (χ0n) is 18.0. The lowest BCUT2D eigenvalue weighted by Crippen LogP contribution is -2.51. The number of ether oxygens (including phenoxy) is 1. The second kappa shape index (κ2) is 10.7. The van der Waals surface area contributed by atoms with E-state index in [0.29, 0.717) is 25.0 Å².